The Hall–Kier alpha value is -2.48. The summed E-state index contributed by atoms with van der Waals surface area (Å²) in [6.07, 6.45) is -4.61. The van der Waals surface area contributed by atoms with Gasteiger partial charge in [-0.1, -0.05) is 24.3 Å². The predicted molar refractivity (Wildman–Crippen MR) is 104 cm³/mol. The number of amides is 1. The third kappa shape index (κ3) is 6.50. The van der Waals surface area contributed by atoms with Crippen LogP contribution in [-0.2, 0) is 31.2 Å². The van der Waals surface area contributed by atoms with Gasteiger partial charge < -0.3 is 4.74 Å². The van der Waals surface area contributed by atoms with Gasteiger partial charge in [0.05, 0.1) is 24.5 Å². The maximum absolute atomic E-state index is 12.7. The molecule has 0 aliphatic heterocycles. The SMILES string of the molecule is CS(=O)(=O)c1ccccc1S(=O)(=O)N(N)C(=O)c1ccc(COCCC(F)(F)F)cc1. The predicted octanol–water partition coefficient (Wildman–Crippen LogP) is 2.26. The molecule has 2 aromatic carbocycles. The van der Waals surface area contributed by atoms with E-state index in [1.807, 2.05) is 0 Å². The maximum Gasteiger partial charge on any atom is 0.391 e. The van der Waals surface area contributed by atoms with Gasteiger partial charge in [-0.25, -0.2) is 14.3 Å². The van der Waals surface area contributed by atoms with Crippen molar-refractivity contribution in [2.45, 2.75) is 29.0 Å². The molecule has 0 unspecified atom stereocenters. The molecule has 0 bridgehead atoms. The van der Waals surface area contributed by atoms with Crippen LogP contribution in [0.15, 0.2) is 58.3 Å². The van der Waals surface area contributed by atoms with Gasteiger partial charge in [-0.05, 0) is 29.8 Å². The van der Waals surface area contributed by atoms with E-state index in [-0.39, 0.29) is 16.6 Å². The van der Waals surface area contributed by atoms with Gasteiger partial charge in [0.1, 0.15) is 4.90 Å². The first-order valence-electron chi connectivity index (χ1n) is 8.60. The lowest BCUT2D eigenvalue weighted by Crippen LogP contribution is -2.42. The molecular formula is C18H19F3N2O6S2. The van der Waals surface area contributed by atoms with Crippen molar-refractivity contribution in [1.29, 1.82) is 0 Å². The third-order valence-electron chi connectivity index (χ3n) is 3.99. The summed E-state index contributed by atoms with van der Waals surface area (Å²) in [4.78, 5) is 11.4. The zero-order valence-electron chi connectivity index (χ0n) is 16.2. The Bertz CT molecular complexity index is 1150. The van der Waals surface area contributed by atoms with Crippen LogP contribution >= 0.6 is 0 Å². The molecule has 31 heavy (non-hydrogen) atoms. The van der Waals surface area contributed by atoms with Crippen molar-refractivity contribution in [2.75, 3.05) is 12.9 Å². The number of carbonyl (C=O) groups excluding carboxylic acids is 1. The topological polar surface area (TPSA) is 124 Å². The smallest absolute Gasteiger partial charge is 0.376 e. The summed E-state index contributed by atoms with van der Waals surface area (Å²) in [5.41, 5.74) is 0.314. The molecule has 0 saturated carbocycles. The molecule has 0 aliphatic carbocycles. The van der Waals surface area contributed by atoms with Crippen LogP contribution in [0.3, 0.4) is 0 Å². The molecule has 0 atom stereocenters. The van der Waals surface area contributed by atoms with Gasteiger partial charge in [0, 0.05) is 11.8 Å². The second kappa shape index (κ2) is 9.34. The summed E-state index contributed by atoms with van der Waals surface area (Å²) in [6.45, 7) is -0.671. The zero-order chi connectivity index (χ0) is 23.4. The summed E-state index contributed by atoms with van der Waals surface area (Å²) in [6, 6.07) is 9.89. The average Bonchev–Trinajstić information content (AvgIpc) is 2.69. The molecule has 2 N–H and O–H groups in total. The molecule has 1 amide bonds. The van der Waals surface area contributed by atoms with Crippen molar-refractivity contribution in [2.24, 2.45) is 5.84 Å². The van der Waals surface area contributed by atoms with Crippen LogP contribution in [-0.4, -0.2) is 46.2 Å². The first-order chi connectivity index (χ1) is 14.2. The molecule has 0 radical (unpaired) electrons. The van der Waals surface area contributed by atoms with Gasteiger partial charge in [-0.15, -0.1) is 0 Å². The fraction of sp³-hybridized carbons (Fsp3) is 0.278. The highest BCUT2D eigenvalue weighted by Gasteiger charge is 2.32. The minimum absolute atomic E-state index is 0.0636. The van der Waals surface area contributed by atoms with Crippen molar-refractivity contribution >= 4 is 25.8 Å². The largest absolute Gasteiger partial charge is 0.391 e. The minimum Gasteiger partial charge on any atom is -0.376 e. The number of nitrogens with zero attached hydrogens (tertiary/aromatic N) is 1. The van der Waals surface area contributed by atoms with E-state index >= 15 is 0 Å². The number of hydrogen-bond donors (Lipinski definition) is 1. The highest BCUT2D eigenvalue weighted by Crippen LogP contribution is 2.24. The van der Waals surface area contributed by atoms with Crippen molar-refractivity contribution in [3.8, 4) is 0 Å². The summed E-state index contributed by atoms with van der Waals surface area (Å²) in [5, 5.41) is 0. The lowest BCUT2D eigenvalue weighted by Gasteiger charge is -2.18. The second-order valence-corrected chi connectivity index (χ2v) is 10.2. The highest BCUT2D eigenvalue weighted by atomic mass is 32.2. The standard InChI is InChI=1S/C18H19F3N2O6S2/c1-30(25,26)15-4-2-3-5-16(15)31(27,28)23(22)17(24)14-8-6-13(7-9-14)12-29-11-10-18(19,20)21/h2-9H,10-12,22H2,1H3. The van der Waals surface area contributed by atoms with Crippen LogP contribution in [0.1, 0.15) is 22.3 Å². The lowest BCUT2D eigenvalue weighted by molar-refractivity contribution is -0.146. The third-order valence-corrected chi connectivity index (χ3v) is 6.86. The van der Waals surface area contributed by atoms with Gasteiger partial charge in [-0.3, -0.25) is 4.79 Å². The molecule has 8 nitrogen and oxygen atoms in total. The summed E-state index contributed by atoms with van der Waals surface area (Å²) >= 11 is 0. The van der Waals surface area contributed by atoms with Crippen LogP contribution in [0.2, 0.25) is 0 Å². The summed E-state index contributed by atoms with van der Waals surface area (Å²) < 4.78 is 90.4. The van der Waals surface area contributed by atoms with E-state index in [1.54, 1.807) is 0 Å². The minimum atomic E-state index is -4.69. The van der Waals surface area contributed by atoms with Gasteiger partial charge in [-0.2, -0.15) is 26.0 Å². The van der Waals surface area contributed by atoms with E-state index in [4.69, 9.17) is 10.6 Å². The first kappa shape index (κ1) is 24.8. The number of ether oxygens (including phenoxy) is 1. The van der Waals surface area contributed by atoms with E-state index < -0.39 is 54.8 Å². The van der Waals surface area contributed by atoms with E-state index in [9.17, 15) is 34.8 Å². The molecule has 0 saturated heterocycles. The zero-order valence-corrected chi connectivity index (χ0v) is 17.8. The average molecular weight is 480 g/mol. The van der Waals surface area contributed by atoms with Crippen LogP contribution in [0.25, 0.3) is 0 Å². The normalized spacial score (nSPS) is 12.5. The number of hydrazine groups is 1. The van der Waals surface area contributed by atoms with Crippen LogP contribution in [0.4, 0.5) is 13.2 Å². The van der Waals surface area contributed by atoms with E-state index in [0.717, 1.165) is 18.4 Å². The van der Waals surface area contributed by atoms with Crippen LogP contribution in [0.5, 0.6) is 0 Å². The summed E-state index contributed by atoms with van der Waals surface area (Å²) in [5.74, 6) is 4.39. The molecule has 0 aromatic heterocycles. The van der Waals surface area contributed by atoms with Gasteiger partial charge in [0.15, 0.2) is 9.84 Å². The Morgan fingerprint density at radius 1 is 1.00 bits per heavy atom. The number of sulfonamides is 1. The van der Waals surface area contributed by atoms with Gasteiger partial charge in [0.2, 0.25) is 0 Å². The Kier molecular flexibility index (Phi) is 7.47. The number of hydrogen-bond acceptors (Lipinski definition) is 7. The number of halogens is 3. The summed E-state index contributed by atoms with van der Waals surface area (Å²) in [7, 11) is -8.61. The quantitative estimate of drug-likeness (QED) is 0.266. The Morgan fingerprint density at radius 3 is 2.06 bits per heavy atom. The molecule has 13 heteroatoms. The fourth-order valence-corrected chi connectivity index (χ4v) is 5.07. The molecule has 2 rings (SSSR count). The van der Waals surface area contributed by atoms with Crippen molar-refractivity contribution in [3.05, 3.63) is 59.7 Å². The lowest BCUT2D eigenvalue weighted by atomic mass is 10.1. The van der Waals surface area contributed by atoms with Crippen LogP contribution in [0, 0.1) is 0 Å². The molecule has 2 aromatic rings. The number of nitrogens with two attached hydrogens (primary N) is 1. The monoisotopic (exact) mass is 480 g/mol. The van der Waals surface area contributed by atoms with E-state index in [0.29, 0.717) is 5.56 Å². The molecule has 170 valence electrons. The molecule has 0 aliphatic rings. The first-order valence-corrected chi connectivity index (χ1v) is 11.9. The molecule has 0 fully saturated rings. The second-order valence-electron chi connectivity index (χ2n) is 6.44. The number of sulfone groups is 1. The number of benzene rings is 2. The van der Waals surface area contributed by atoms with Crippen LogP contribution < -0.4 is 5.84 Å². The van der Waals surface area contributed by atoms with Crippen molar-refractivity contribution in [1.82, 2.24) is 4.41 Å². The van der Waals surface area contributed by atoms with E-state index in [2.05, 4.69) is 0 Å². The number of rotatable bonds is 8. The Balaban J connectivity index is 2.16. The molecule has 0 spiro atoms. The van der Waals surface area contributed by atoms with Gasteiger partial charge in [0.25, 0.3) is 15.9 Å². The van der Waals surface area contributed by atoms with Gasteiger partial charge >= 0.3 is 6.18 Å². The maximum atomic E-state index is 12.7. The number of alkyl halides is 3. The van der Waals surface area contributed by atoms with E-state index in [1.165, 1.54) is 36.4 Å². The molecule has 0 heterocycles. The van der Waals surface area contributed by atoms with Crippen molar-refractivity contribution in [3.63, 3.8) is 0 Å². The highest BCUT2D eigenvalue weighted by molar-refractivity contribution is 7.93. The fourth-order valence-electron chi connectivity index (χ4n) is 2.43. The Labute approximate surface area is 177 Å². The Morgan fingerprint density at radius 2 is 1.55 bits per heavy atom. The molecular weight excluding hydrogens is 461 g/mol. The van der Waals surface area contributed by atoms with Crippen molar-refractivity contribution < 1.29 is 39.5 Å². The number of carbonyl (C=O) groups is 1.